The Morgan fingerprint density at radius 3 is 2.38 bits per heavy atom. The molecule has 3 rings (SSSR count). The first kappa shape index (κ1) is 16.5. The van der Waals surface area contributed by atoms with Crippen molar-refractivity contribution in [2.75, 3.05) is 5.32 Å². The highest BCUT2D eigenvalue weighted by molar-refractivity contribution is 6.31. The van der Waals surface area contributed by atoms with E-state index in [-0.39, 0.29) is 5.02 Å². The Labute approximate surface area is 141 Å². The van der Waals surface area contributed by atoms with Crippen LogP contribution in [0, 0.1) is 13.8 Å². The highest BCUT2D eigenvalue weighted by Crippen LogP contribution is 2.37. The molecule has 0 unspecified atom stereocenters. The van der Waals surface area contributed by atoms with Gasteiger partial charge in [0.2, 0.25) is 0 Å². The summed E-state index contributed by atoms with van der Waals surface area (Å²) < 4.78 is 39.0. The third-order valence-corrected chi connectivity index (χ3v) is 3.82. The number of halogens is 4. The molecule has 0 atom stereocenters. The van der Waals surface area contributed by atoms with Gasteiger partial charge in [-0.15, -0.1) is 0 Å². The lowest BCUT2D eigenvalue weighted by Gasteiger charge is -2.14. The monoisotopic (exact) mass is 351 g/mol. The fourth-order valence-corrected chi connectivity index (χ4v) is 2.63. The van der Waals surface area contributed by atoms with Crippen molar-refractivity contribution in [1.82, 2.24) is 9.97 Å². The van der Waals surface area contributed by atoms with Gasteiger partial charge < -0.3 is 5.32 Å². The number of nitrogens with one attached hydrogen (secondary N) is 1. The summed E-state index contributed by atoms with van der Waals surface area (Å²) in [5.41, 5.74) is 2.13. The molecule has 0 aliphatic heterocycles. The summed E-state index contributed by atoms with van der Waals surface area (Å²) in [4.78, 5) is 8.71. The van der Waals surface area contributed by atoms with Crippen LogP contribution >= 0.6 is 11.6 Å². The Balaban J connectivity index is 2.07. The van der Waals surface area contributed by atoms with E-state index in [1.165, 1.54) is 12.1 Å². The topological polar surface area (TPSA) is 37.8 Å². The van der Waals surface area contributed by atoms with E-state index in [4.69, 9.17) is 11.6 Å². The molecule has 0 fully saturated rings. The highest BCUT2D eigenvalue weighted by atomic mass is 35.5. The molecule has 0 aliphatic carbocycles. The van der Waals surface area contributed by atoms with E-state index in [1.807, 2.05) is 19.1 Å². The molecule has 0 radical (unpaired) electrons. The number of aryl methyl sites for hydroxylation is 2. The Morgan fingerprint density at radius 2 is 1.67 bits per heavy atom. The van der Waals surface area contributed by atoms with Crippen molar-refractivity contribution < 1.29 is 13.2 Å². The SMILES string of the molecule is Cc1ccc2c(Nc3ccc(Cl)c(C(F)(F)F)c3)cc(C)nc2n1. The first-order valence-corrected chi connectivity index (χ1v) is 7.50. The van der Waals surface area contributed by atoms with Gasteiger partial charge in [0.15, 0.2) is 5.65 Å². The van der Waals surface area contributed by atoms with Crippen LogP contribution in [0.2, 0.25) is 5.02 Å². The van der Waals surface area contributed by atoms with Gasteiger partial charge in [-0.3, -0.25) is 0 Å². The number of alkyl halides is 3. The summed E-state index contributed by atoms with van der Waals surface area (Å²) in [5, 5.41) is 3.41. The number of anilines is 2. The van der Waals surface area contributed by atoms with Gasteiger partial charge in [-0.1, -0.05) is 11.6 Å². The van der Waals surface area contributed by atoms with E-state index in [9.17, 15) is 13.2 Å². The van der Waals surface area contributed by atoms with Crippen LogP contribution in [0.15, 0.2) is 36.4 Å². The first-order valence-electron chi connectivity index (χ1n) is 7.13. The lowest BCUT2D eigenvalue weighted by atomic mass is 10.1. The lowest BCUT2D eigenvalue weighted by Crippen LogP contribution is -2.06. The van der Waals surface area contributed by atoms with Crippen molar-refractivity contribution in [3.63, 3.8) is 0 Å². The van der Waals surface area contributed by atoms with Crippen molar-refractivity contribution in [1.29, 1.82) is 0 Å². The van der Waals surface area contributed by atoms with Crippen LogP contribution in [-0.4, -0.2) is 9.97 Å². The second-order valence-electron chi connectivity index (χ2n) is 5.45. The van der Waals surface area contributed by atoms with E-state index in [2.05, 4.69) is 15.3 Å². The minimum absolute atomic E-state index is 0.291. The zero-order valence-corrected chi connectivity index (χ0v) is 13.6. The predicted molar refractivity (Wildman–Crippen MR) is 88.7 cm³/mol. The van der Waals surface area contributed by atoms with Crippen LogP contribution in [-0.2, 0) is 6.18 Å². The number of aromatic nitrogens is 2. The van der Waals surface area contributed by atoms with E-state index in [0.717, 1.165) is 17.1 Å². The van der Waals surface area contributed by atoms with Gasteiger partial charge in [0.25, 0.3) is 0 Å². The van der Waals surface area contributed by atoms with Gasteiger partial charge in [0, 0.05) is 22.5 Å². The van der Waals surface area contributed by atoms with Gasteiger partial charge in [-0.05, 0) is 50.2 Å². The Morgan fingerprint density at radius 1 is 0.958 bits per heavy atom. The number of benzene rings is 1. The second-order valence-corrected chi connectivity index (χ2v) is 5.86. The number of hydrogen-bond acceptors (Lipinski definition) is 3. The summed E-state index contributed by atoms with van der Waals surface area (Å²) in [6.45, 7) is 3.66. The predicted octanol–water partition coefficient (Wildman–Crippen LogP) is 5.66. The van der Waals surface area contributed by atoms with E-state index in [1.54, 1.807) is 13.0 Å². The summed E-state index contributed by atoms with van der Waals surface area (Å²) in [7, 11) is 0. The summed E-state index contributed by atoms with van der Waals surface area (Å²) in [6, 6.07) is 9.15. The van der Waals surface area contributed by atoms with E-state index in [0.29, 0.717) is 22.7 Å². The third kappa shape index (κ3) is 3.28. The normalized spacial score (nSPS) is 11.8. The fraction of sp³-hybridized carbons (Fsp3) is 0.176. The largest absolute Gasteiger partial charge is 0.417 e. The lowest BCUT2D eigenvalue weighted by molar-refractivity contribution is -0.137. The Hall–Kier alpha value is -2.34. The minimum atomic E-state index is -4.51. The third-order valence-electron chi connectivity index (χ3n) is 3.49. The van der Waals surface area contributed by atoms with Gasteiger partial charge in [-0.2, -0.15) is 13.2 Å². The maximum Gasteiger partial charge on any atom is 0.417 e. The van der Waals surface area contributed by atoms with Crippen LogP contribution in [0.4, 0.5) is 24.5 Å². The highest BCUT2D eigenvalue weighted by Gasteiger charge is 2.33. The number of rotatable bonds is 2. The molecule has 2 heterocycles. The molecule has 7 heteroatoms. The standard InChI is InChI=1S/C17H13ClF3N3/c1-9-3-5-12-15(7-10(2)23-16(12)22-9)24-11-4-6-14(18)13(8-11)17(19,20)21/h3-8H,1-2H3,(H,22,23,24). The maximum absolute atomic E-state index is 13.0. The molecule has 3 nitrogen and oxygen atoms in total. The van der Waals surface area contributed by atoms with Gasteiger partial charge in [0.1, 0.15) is 0 Å². The van der Waals surface area contributed by atoms with Crippen molar-refractivity contribution in [3.8, 4) is 0 Å². The molecular formula is C17H13ClF3N3. The molecule has 0 saturated heterocycles. The van der Waals surface area contributed by atoms with Crippen LogP contribution in [0.25, 0.3) is 11.0 Å². The molecule has 0 spiro atoms. The molecule has 0 bridgehead atoms. The maximum atomic E-state index is 13.0. The van der Waals surface area contributed by atoms with Crippen LogP contribution < -0.4 is 5.32 Å². The van der Waals surface area contributed by atoms with Gasteiger partial charge in [-0.25, -0.2) is 9.97 Å². The summed E-state index contributed by atoms with van der Waals surface area (Å²) in [5.74, 6) is 0. The molecule has 3 aromatic rings. The molecule has 24 heavy (non-hydrogen) atoms. The van der Waals surface area contributed by atoms with Crippen molar-refractivity contribution in [2.45, 2.75) is 20.0 Å². The minimum Gasteiger partial charge on any atom is -0.355 e. The fourth-order valence-electron chi connectivity index (χ4n) is 2.40. The van der Waals surface area contributed by atoms with Crippen LogP contribution in [0.1, 0.15) is 17.0 Å². The summed E-state index contributed by atoms with van der Waals surface area (Å²) >= 11 is 5.65. The first-order chi connectivity index (χ1) is 11.2. The number of fused-ring (bicyclic) bond motifs is 1. The zero-order chi connectivity index (χ0) is 17.5. The van der Waals surface area contributed by atoms with Gasteiger partial charge in [0.05, 0.1) is 16.3 Å². The van der Waals surface area contributed by atoms with Crippen molar-refractivity contribution in [2.24, 2.45) is 0 Å². The Kier molecular flexibility index (Phi) is 4.09. The molecule has 0 saturated carbocycles. The molecule has 124 valence electrons. The molecule has 0 aliphatic rings. The van der Waals surface area contributed by atoms with E-state index < -0.39 is 11.7 Å². The number of nitrogens with zero attached hydrogens (tertiary/aromatic N) is 2. The van der Waals surface area contributed by atoms with Crippen LogP contribution in [0.5, 0.6) is 0 Å². The number of pyridine rings is 2. The molecule has 1 N–H and O–H groups in total. The smallest absolute Gasteiger partial charge is 0.355 e. The average molecular weight is 352 g/mol. The van der Waals surface area contributed by atoms with Gasteiger partial charge >= 0.3 is 6.18 Å². The van der Waals surface area contributed by atoms with Crippen LogP contribution in [0.3, 0.4) is 0 Å². The molecule has 2 aromatic heterocycles. The second kappa shape index (κ2) is 5.94. The van der Waals surface area contributed by atoms with E-state index >= 15 is 0 Å². The quantitative estimate of drug-likeness (QED) is 0.647. The summed E-state index contributed by atoms with van der Waals surface area (Å²) in [6.07, 6.45) is -4.51. The molecule has 1 aromatic carbocycles. The number of hydrogen-bond donors (Lipinski definition) is 1. The van der Waals surface area contributed by atoms with Crippen molar-refractivity contribution in [3.05, 3.63) is 58.4 Å². The molecular weight excluding hydrogens is 339 g/mol. The zero-order valence-electron chi connectivity index (χ0n) is 12.9. The van der Waals surface area contributed by atoms with Crippen molar-refractivity contribution >= 4 is 34.0 Å². The molecule has 0 amide bonds. The average Bonchev–Trinajstić information content (AvgIpc) is 2.47. The Bertz CT molecular complexity index is 918.